The number of tetrazole rings is 1. The van der Waals surface area contributed by atoms with E-state index in [0.717, 1.165) is 25.7 Å². The fourth-order valence-electron chi connectivity index (χ4n) is 6.68. The van der Waals surface area contributed by atoms with Crippen molar-refractivity contribution in [3.8, 4) is 5.88 Å². The zero-order valence-corrected chi connectivity index (χ0v) is 33.3. The quantitative estimate of drug-likeness (QED) is 0.107. The number of nitrogens with one attached hydrogen (secondary N) is 3. The van der Waals surface area contributed by atoms with E-state index in [9.17, 15) is 27.6 Å². The van der Waals surface area contributed by atoms with Gasteiger partial charge in [0.05, 0.1) is 11.8 Å². The normalized spacial score (nSPS) is 24.8. The highest BCUT2D eigenvalue weighted by Gasteiger charge is 2.62. The van der Waals surface area contributed by atoms with Crippen molar-refractivity contribution < 1.29 is 37.1 Å². The Labute approximate surface area is 322 Å². The second-order valence-electron chi connectivity index (χ2n) is 15.1. The smallest absolute Gasteiger partial charge is 0.408 e. The zero-order chi connectivity index (χ0) is 39.0. The molecule has 0 aromatic carbocycles. The number of carbonyl (C=O) groups excluding carboxylic acids is 4. The molecule has 2 aromatic rings. The lowest BCUT2D eigenvalue weighted by atomic mass is 9.85. The topological polar surface area (TPSA) is 230 Å². The summed E-state index contributed by atoms with van der Waals surface area (Å²) in [5, 5.41) is 17.8. The molecule has 21 heteroatoms. The molecule has 0 spiro atoms. The SMILES string of the molecule is C=C[C@@H]1C[C@]1(NC(=O)[C@@H]1C[C@@H](Oc2cc(Sc3nnnn3C)nc(SC)n2)CN1C(=O)[C@@H](NC(=O)OC1CCCC1)C(C)(C)C)C(=O)NS(=O)(=O)C1CC1. The average Bonchev–Trinajstić information content (AvgIpc) is 3.93. The Morgan fingerprint density at radius 3 is 2.43 bits per heavy atom. The first-order valence-corrected chi connectivity index (χ1v) is 21.4. The first-order chi connectivity index (χ1) is 25.5. The molecule has 0 unspecified atom stereocenters. The maximum absolute atomic E-state index is 14.5. The third kappa shape index (κ3) is 8.93. The number of thioether (sulfide) groups is 1. The molecule has 3 aliphatic carbocycles. The summed E-state index contributed by atoms with van der Waals surface area (Å²) < 4.78 is 41.0. The van der Waals surface area contributed by atoms with Gasteiger partial charge in [0, 0.05) is 25.5 Å². The Balaban J connectivity index is 1.26. The Bertz CT molecular complexity index is 1900. The van der Waals surface area contributed by atoms with Crippen LogP contribution < -0.4 is 20.1 Å². The molecular formula is C33H46N10O8S3. The number of alkyl carbamates (subject to hydrolysis) is 1. The van der Waals surface area contributed by atoms with Crippen molar-refractivity contribution in [3.63, 3.8) is 0 Å². The van der Waals surface area contributed by atoms with Gasteiger partial charge in [0.1, 0.15) is 34.9 Å². The molecule has 1 aliphatic heterocycles. The van der Waals surface area contributed by atoms with Crippen molar-refractivity contribution in [2.45, 2.75) is 123 Å². The van der Waals surface area contributed by atoms with E-state index in [1.165, 1.54) is 39.2 Å². The molecule has 2 aromatic heterocycles. The van der Waals surface area contributed by atoms with Gasteiger partial charge >= 0.3 is 6.09 Å². The van der Waals surface area contributed by atoms with Crippen molar-refractivity contribution in [1.29, 1.82) is 0 Å². The molecule has 0 bridgehead atoms. The molecule has 1 saturated heterocycles. The second-order valence-corrected chi connectivity index (χ2v) is 18.9. The molecule has 5 atom stereocenters. The number of hydrogen-bond acceptors (Lipinski definition) is 15. The maximum Gasteiger partial charge on any atom is 0.408 e. The molecule has 4 aliphatic rings. The predicted octanol–water partition coefficient (Wildman–Crippen LogP) is 1.97. The Hall–Kier alpha value is -3.98. The summed E-state index contributed by atoms with van der Waals surface area (Å²) in [6.07, 6.45) is 6.00. The van der Waals surface area contributed by atoms with Gasteiger partial charge in [0.15, 0.2) is 5.16 Å². The van der Waals surface area contributed by atoms with Crippen LogP contribution in [0.4, 0.5) is 4.79 Å². The lowest BCUT2D eigenvalue weighted by Gasteiger charge is -2.35. The van der Waals surface area contributed by atoms with E-state index in [-0.39, 0.29) is 31.4 Å². The highest BCUT2D eigenvalue weighted by Crippen LogP contribution is 2.45. The van der Waals surface area contributed by atoms with Gasteiger partial charge in [-0.05, 0) is 78.8 Å². The Morgan fingerprint density at radius 1 is 1.11 bits per heavy atom. The third-order valence-corrected chi connectivity index (χ3v) is 13.3. The van der Waals surface area contributed by atoms with Crippen LogP contribution in [0.3, 0.4) is 0 Å². The van der Waals surface area contributed by atoms with Crippen LogP contribution in [0.2, 0.25) is 0 Å². The Morgan fingerprint density at radius 2 is 1.83 bits per heavy atom. The third-order valence-electron chi connectivity index (χ3n) is 9.95. The minimum absolute atomic E-state index is 0.00787. The number of likely N-dealkylation sites (tertiary alicyclic amines) is 1. The first-order valence-electron chi connectivity index (χ1n) is 17.8. The molecule has 0 radical (unpaired) electrons. The number of hydrogen-bond donors (Lipinski definition) is 3. The molecule has 18 nitrogen and oxygen atoms in total. The van der Waals surface area contributed by atoms with E-state index in [1.54, 1.807) is 40.1 Å². The van der Waals surface area contributed by atoms with Crippen LogP contribution in [0.15, 0.2) is 34.1 Å². The van der Waals surface area contributed by atoms with E-state index in [4.69, 9.17) is 9.47 Å². The average molecular weight is 807 g/mol. The van der Waals surface area contributed by atoms with E-state index in [0.29, 0.717) is 28.2 Å². The van der Waals surface area contributed by atoms with E-state index in [2.05, 4.69) is 47.4 Å². The molecule has 294 valence electrons. The molecule has 54 heavy (non-hydrogen) atoms. The van der Waals surface area contributed by atoms with Crippen LogP contribution >= 0.6 is 23.5 Å². The number of carbonyl (C=O) groups is 4. The van der Waals surface area contributed by atoms with Crippen molar-refractivity contribution in [3.05, 3.63) is 18.7 Å². The molecule has 4 amide bonds. The zero-order valence-electron chi connectivity index (χ0n) is 30.8. The highest BCUT2D eigenvalue weighted by atomic mass is 32.2. The van der Waals surface area contributed by atoms with Crippen LogP contribution in [0, 0.1) is 11.3 Å². The summed E-state index contributed by atoms with van der Waals surface area (Å²) in [6.45, 7) is 9.07. The fourth-order valence-corrected chi connectivity index (χ4v) is 9.20. The number of aromatic nitrogens is 6. The number of amides is 4. The summed E-state index contributed by atoms with van der Waals surface area (Å²) in [5.41, 5.74) is -2.38. The summed E-state index contributed by atoms with van der Waals surface area (Å²) in [7, 11) is -2.22. The first kappa shape index (κ1) is 39.7. The predicted molar refractivity (Wildman–Crippen MR) is 196 cm³/mol. The highest BCUT2D eigenvalue weighted by molar-refractivity contribution is 7.99. The summed E-state index contributed by atoms with van der Waals surface area (Å²) >= 11 is 2.49. The fraction of sp³-hybridized carbons (Fsp3) is 0.667. The largest absolute Gasteiger partial charge is 0.472 e. The second kappa shape index (κ2) is 15.6. The van der Waals surface area contributed by atoms with Crippen LogP contribution in [0.1, 0.15) is 72.1 Å². The van der Waals surface area contributed by atoms with Crippen molar-refractivity contribution in [2.24, 2.45) is 18.4 Å². The van der Waals surface area contributed by atoms with E-state index >= 15 is 0 Å². The van der Waals surface area contributed by atoms with Gasteiger partial charge in [-0.15, -0.1) is 11.7 Å². The monoisotopic (exact) mass is 806 g/mol. The van der Waals surface area contributed by atoms with Gasteiger partial charge in [-0.25, -0.2) is 22.9 Å². The van der Waals surface area contributed by atoms with Crippen molar-refractivity contribution >= 4 is 57.4 Å². The minimum Gasteiger partial charge on any atom is -0.472 e. The van der Waals surface area contributed by atoms with Crippen LogP contribution in [-0.4, -0.2) is 115 Å². The van der Waals surface area contributed by atoms with Crippen molar-refractivity contribution in [2.75, 3.05) is 12.8 Å². The molecular weight excluding hydrogens is 761 g/mol. The summed E-state index contributed by atoms with van der Waals surface area (Å²) in [5.74, 6) is -2.44. The van der Waals surface area contributed by atoms with Crippen molar-refractivity contribution in [1.82, 2.24) is 50.4 Å². The van der Waals surface area contributed by atoms with Crippen LogP contribution in [0.5, 0.6) is 5.88 Å². The lowest BCUT2D eigenvalue weighted by Crippen LogP contribution is -2.60. The lowest BCUT2D eigenvalue weighted by molar-refractivity contribution is -0.143. The van der Waals surface area contributed by atoms with E-state index in [1.807, 2.05) is 0 Å². The summed E-state index contributed by atoms with van der Waals surface area (Å²) in [4.78, 5) is 65.8. The van der Waals surface area contributed by atoms with E-state index < -0.39 is 74.1 Å². The van der Waals surface area contributed by atoms with Gasteiger partial charge < -0.3 is 25.0 Å². The standard InChI is InChI=1S/C33H46N10O8S3/c1-7-18-16-33(18,28(46)39-54(48,49)21-12-13-21)37-26(44)22-14-20(50-23-15-24(35-29(34-23)52-6)53-30-38-40-41-42(30)5)17-43(22)27(45)25(32(2,3)4)36-31(47)51-19-10-8-9-11-19/h7,15,18-22,25H,1,8-14,16-17H2,2-6H3,(H,36,47)(H,37,44)(H,39,46)/t18-,20-,22+,25-,33-/m1/s1. The minimum atomic E-state index is -3.91. The number of aryl methyl sites for hydroxylation is 1. The van der Waals surface area contributed by atoms with Gasteiger partial charge in [0.25, 0.3) is 5.91 Å². The van der Waals surface area contributed by atoms with Gasteiger partial charge in [-0.3, -0.25) is 19.1 Å². The molecule has 3 heterocycles. The van der Waals surface area contributed by atoms with Gasteiger partial charge in [0.2, 0.25) is 32.9 Å². The molecule has 4 fully saturated rings. The molecule has 3 N–H and O–H groups in total. The maximum atomic E-state index is 14.5. The molecule has 3 saturated carbocycles. The van der Waals surface area contributed by atoms with Gasteiger partial charge in [-0.1, -0.05) is 38.6 Å². The number of rotatable bonds is 14. The number of nitrogens with zero attached hydrogens (tertiary/aromatic N) is 7. The molecule has 6 rings (SSSR count). The Kier molecular flexibility index (Phi) is 11.5. The summed E-state index contributed by atoms with van der Waals surface area (Å²) in [6, 6.07) is -0.667. The van der Waals surface area contributed by atoms with Gasteiger partial charge in [-0.2, -0.15) is 4.98 Å². The number of sulfonamides is 1. The van der Waals surface area contributed by atoms with Crippen LogP contribution in [0.25, 0.3) is 0 Å². The number of ether oxygens (including phenoxy) is 2. The van der Waals surface area contributed by atoms with Crippen LogP contribution in [-0.2, 0) is 36.2 Å².